The zero-order valence-corrected chi connectivity index (χ0v) is 17.4. The van der Waals surface area contributed by atoms with E-state index in [2.05, 4.69) is 34.7 Å². The van der Waals surface area contributed by atoms with Gasteiger partial charge in [-0.1, -0.05) is 6.58 Å². The first kappa shape index (κ1) is 23.0. The van der Waals surface area contributed by atoms with Gasteiger partial charge in [0.25, 0.3) is 5.56 Å². The molecule has 7 N–H and O–H groups in total. The van der Waals surface area contributed by atoms with Gasteiger partial charge in [0.15, 0.2) is 11.2 Å². The number of nitrogen functional groups attached to an aromatic ring is 1. The molecular weight excluding hydrogens is 471 g/mol. The van der Waals surface area contributed by atoms with Crippen molar-refractivity contribution in [1.29, 1.82) is 0 Å². The predicted molar refractivity (Wildman–Crippen MR) is 98.7 cm³/mol. The zero-order chi connectivity index (χ0) is 22.5. The van der Waals surface area contributed by atoms with E-state index in [9.17, 15) is 23.4 Å². The van der Waals surface area contributed by atoms with E-state index in [1.807, 2.05) is 0 Å². The Balaban J connectivity index is 1.63. The van der Waals surface area contributed by atoms with Crippen LogP contribution in [-0.4, -0.2) is 45.7 Å². The molecule has 1 aliphatic carbocycles. The summed E-state index contributed by atoms with van der Waals surface area (Å²) in [5.74, 6) is -0.597. The van der Waals surface area contributed by atoms with Crippen molar-refractivity contribution in [2.45, 2.75) is 12.5 Å². The number of nitrogens with zero attached hydrogens (tertiary/aromatic N) is 3. The second-order valence-corrected chi connectivity index (χ2v) is 10.6. The van der Waals surface area contributed by atoms with Crippen molar-refractivity contribution in [3.05, 3.63) is 28.8 Å². The maximum absolute atomic E-state index is 11.8. The molecule has 16 nitrogen and oxygen atoms in total. The van der Waals surface area contributed by atoms with Crippen LogP contribution in [0, 0.1) is 5.92 Å². The van der Waals surface area contributed by atoms with Gasteiger partial charge in [0.05, 0.1) is 19.0 Å². The largest absolute Gasteiger partial charge is 0.490 e. The minimum atomic E-state index is -5.58. The Kier molecular flexibility index (Phi) is 5.95. The second kappa shape index (κ2) is 7.77. The van der Waals surface area contributed by atoms with E-state index in [1.54, 1.807) is 4.57 Å². The van der Waals surface area contributed by atoms with E-state index in [4.69, 9.17) is 20.4 Å². The molecule has 4 atom stereocenters. The van der Waals surface area contributed by atoms with Crippen molar-refractivity contribution in [2.75, 3.05) is 12.3 Å². The lowest BCUT2D eigenvalue weighted by Gasteiger charge is -2.39. The van der Waals surface area contributed by atoms with Gasteiger partial charge < -0.3 is 29.9 Å². The van der Waals surface area contributed by atoms with Crippen LogP contribution in [0.5, 0.6) is 0 Å². The molecule has 0 aliphatic heterocycles. The van der Waals surface area contributed by atoms with Crippen LogP contribution >= 0.6 is 23.5 Å². The molecule has 0 amide bonds. The van der Waals surface area contributed by atoms with Gasteiger partial charge in [-0.05, 0) is 12.0 Å². The number of anilines is 1. The second-order valence-electron chi connectivity index (χ2n) is 6.19. The van der Waals surface area contributed by atoms with Crippen molar-refractivity contribution in [2.24, 2.45) is 5.92 Å². The van der Waals surface area contributed by atoms with E-state index < -0.39 is 41.6 Å². The number of phosphoric ester groups is 1. The third-order valence-electron chi connectivity index (χ3n) is 4.10. The number of hydrogen-bond acceptors (Lipinski definition) is 10. The van der Waals surface area contributed by atoms with Crippen LogP contribution in [0.2, 0.25) is 0 Å². The average molecular weight is 487 g/mol. The number of nitrogens with one attached hydrogen (secondary N) is 1. The highest BCUT2D eigenvalue weighted by atomic mass is 31.3. The normalized spacial score (nSPS) is 23.7. The molecule has 0 radical (unpaired) electrons. The van der Waals surface area contributed by atoms with E-state index in [-0.39, 0.29) is 23.2 Å². The molecule has 0 bridgehead atoms. The number of aromatic amines is 1. The Labute approximate surface area is 166 Å². The van der Waals surface area contributed by atoms with Gasteiger partial charge in [-0.15, -0.1) is 0 Å². The molecule has 0 aromatic carbocycles. The number of aromatic nitrogens is 4. The van der Waals surface area contributed by atoms with Crippen molar-refractivity contribution in [1.82, 2.24) is 19.5 Å². The molecule has 0 saturated heterocycles. The van der Waals surface area contributed by atoms with Crippen LogP contribution in [0.3, 0.4) is 0 Å². The van der Waals surface area contributed by atoms with Crippen molar-refractivity contribution in [3.8, 4) is 0 Å². The fraction of sp³-hybridized carbons (Fsp3) is 0.364. The fourth-order valence-corrected chi connectivity index (χ4v) is 5.87. The topological polar surface area (TPSA) is 249 Å². The van der Waals surface area contributed by atoms with Crippen LogP contribution in [0.4, 0.5) is 5.95 Å². The standard InChI is InChI=1S/C11H16N5O11P3/c1-5-6(3-25-29(21,22)27-30(23,24)26-28(18,19)20)2-7(5)16-4-13-8-9(16)14-11(12)15-10(8)17/h4,6-7H,1-3H2,(H,21,22)(H,23,24)(H2,18,19,20)(H3,12,14,15,17)/t6-,7-/m1/s1. The first-order valence-corrected chi connectivity index (χ1v) is 12.4. The zero-order valence-electron chi connectivity index (χ0n) is 14.8. The van der Waals surface area contributed by atoms with E-state index in [0.717, 1.165) is 0 Å². The van der Waals surface area contributed by atoms with Crippen LogP contribution in [-0.2, 0) is 26.8 Å². The summed E-state index contributed by atoms with van der Waals surface area (Å²) < 4.78 is 47.1. The Morgan fingerprint density at radius 1 is 1.23 bits per heavy atom. The third kappa shape index (κ3) is 5.13. The number of fused-ring (bicyclic) bond motifs is 1. The summed E-state index contributed by atoms with van der Waals surface area (Å²) in [7, 11) is -16.3. The summed E-state index contributed by atoms with van der Waals surface area (Å²) in [5.41, 5.74) is 5.80. The lowest BCUT2D eigenvalue weighted by molar-refractivity contribution is 0.137. The Morgan fingerprint density at radius 3 is 2.50 bits per heavy atom. The lowest BCUT2D eigenvalue weighted by atomic mass is 9.76. The number of hydrogen-bond donors (Lipinski definition) is 6. The SMILES string of the molecule is C=C1[C@@H](COP(=O)(O)OP(=O)(O)OP(=O)(O)O)C[C@H]1n1cnc2c(=O)[nH]c(N)nc21. The molecule has 2 aromatic heterocycles. The summed E-state index contributed by atoms with van der Waals surface area (Å²) in [6, 6.07) is -0.377. The first-order chi connectivity index (χ1) is 13.7. The van der Waals surface area contributed by atoms with Crippen LogP contribution < -0.4 is 11.3 Å². The summed E-state index contributed by atoms with van der Waals surface area (Å²) in [6.07, 6.45) is 1.68. The minimum absolute atomic E-state index is 0.0636. The van der Waals surface area contributed by atoms with Gasteiger partial charge in [0, 0.05) is 5.92 Å². The number of phosphoric acid groups is 3. The van der Waals surface area contributed by atoms with E-state index in [1.165, 1.54) is 6.33 Å². The molecule has 166 valence electrons. The van der Waals surface area contributed by atoms with Gasteiger partial charge in [-0.25, -0.2) is 18.7 Å². The molecule has 1 saturated carbocycles. The molecule has 19 heteroatoms. The molecular formula is C11H16N5O11P3. The Morgan fingerprint density at radius 2 is 1.90 bits per heavy atom. The van der Waals surface area contributed by atoms with Gasteiger partial charge in [0.2, 0.25) is 5.95 Å². The number of imidazole rings is 1. The summed E-state index contributed by atoms with van der Waals surface area (Å²) in [4.78, 5) is 57.7. The number of H-pyrrole nitrogens is 1. The first-order valence-electron chi connectivity index (χ1n) is 7.87. The summed E-state index contributed by atoms with van der Waals surface area (Å²) >= 11 is 0. The maximum Gasteiger partial charge on any atom is 0.490 e. The highest BCUT2D eigenvalue weighted by molar-refractivity contribution is 7.66. The fourth-order valence-electron chi connectivity index (χ4n) is 2.81. The third-order valence-corrected chi connectivity index (χ3v) is 7.90. The molecule has 3 rings (SSSR count). The highest BCUT2D eigenvalue weighted by Crippen LogP contribution is 2.66. The van der Waals surface area contributed by atoms with Crippen LogP contribution in [0.1, 0.15) is 12.5 Å². The van der Waals surface area contributed by atoms with Crippen LogP contribution in [0.15, 0.2) is 23.3 Å². The Bertz CT molecular complexity index is 1200. The van der Waals surface area contributed by atoms with E-state index in [0.29, 0.717) is 12.0 Å². The lowest BCUT2D eigenvalue weighted by Crippen LogP contribution is -2.32. The van der Waals surface area contributed by atoms with Crippen molar-refractivity contribution < 1.29 is 46.4 Å². The maximum atomic E-state index is 11.8. The molecule has 0 spiro atoms. The van der Waals surface area contributed by atoms with Crippen molar-refractivity contribution >= 4 is 40.6 Å². The monoisotopic (exact) mass is 487 g/mol. The minimum Gasteiger partial charge on any atom is -0.369 e. The van der Waals surface area contributed by atoms with Gasteiger partial charge in [-0.2, -0.15) is 13.6 Å². The summed E-state index contributed by atoms with van der Waals surface area (Å²) in [6.45, 7) is 3.37. The highest BCUT2D eigenvalue weighted by Gasteiger charge is 2.43. The van der Waals surface area contributed by atoms with Gasteiger partial charge in [-0.3, -0.25) is 14.3 Å². The molecule has 2 aromatic rings. The molecule has 2 unspecified atom stereocenters. The Hall–Kier alpha value is -1.70. The molecule has 30 heavy (non-hydrogen) atoms. The predicted octanol–water partition coefficient (Wildman–Crippen LogP) is 0.162. The molecule has 2 heterocycles. The number of rotatable bonds is 8. The molecule has 1 aliphatic rings. The summed E-state index contributed by atoms with van der Waals surface area (Å²) in [5, 5.41) is 0. The van der Waals surface area contributed by atoms with E-state index >= 15 is 0 Å². The van der Waals surface area contributed by atoms with Crippen molar-refractivity contribution in [3.63, 3.8) is 0 Å². The molecule has 1 fully saturated rings. The number of nitrogens with two attached hydrogens (primary N) is 1. The van der Waals surface area contributed by atoms with Gasteiger partial charge in [0.1, 0.15) is 0 Å². The van der Waals surface area contributed by atoms with Crippen LogP contribution in [0.25, 0.3) is 11.2 Å². The smallest absolute Gasteiger partial charge is 0.369 e. The quantitative estimate of drug-likeness (QED) is 0.214. The average Bonchev–Trinajstić information content (AvgIpc) is 2.93. The van der Waals surface area contributed by atoms with Gasteiger partial charge >= 0.3 is 23.5 Å².